The summed E-state index contributed by atoms with van der Waals surface area (Å²) in [6, 6.07) is 18.9. The quantitative estimate of drug-likeness (QED) is 0.0151. The van der Waals surface area contributed by atoms with Gasteiger partial charge in [0, 0.05) is 31.2 Å². The number of benzene rings is 3. The van der Waals surface area contributed by atoms with Gasteiger partial charge < -0.3 is 33.2 Å². The monoisotopic (exact) mass is 775 g/mol. The van der Waals surface area contributed by atoms with Gasteiger partial charge in [0.2, 0.25) is 0 Å². The second-order valence-corrected chi connectivity index (χ2v) is 10.9. The van der Waals surface area contributed by atoms with E-state index in [9.17, 15) is 14.4 Å². The molecule has 11 nitrogen and oxygen atoms in total. The summed E-state index contributed by atoms with van der Waals surface area (Å²) in [6.07, 6.45) is 9.79. The fraction of sp³-hybridized carbons (Fsp3) is 0.256. The molecule has 0 unspecified atom stereocenters. The van der Waals surface area contributed by atoms with Crippen molar-refractivity contribution in [2.24, 2.45) is 4.99 Å². The number of halogens is 1. The van der Waals surface area contributed by atoms with Gasteiger partial charge in [-0.25, -0.2) is 14.4 Å². The Labute approximate surface area is 329 Å². The van der Waals surface area contributed by atoms with Crippen LogP contribution in [0.2, 0.25) is 0 Å². The van der Waals surface area contributed by atoms with E-state index in [1.54, 1.807) is 66.9 Å². The Morgan fingerprint density at radius 1 is 0.691 bits per heavy atom. The van der Waals surface area contributed by atoms with Gasteiger partial charge in [0.1, 0.15) is 43.7 Å². The fourth-order valence-electron chi connectivity index (χ4n) is 3.96. The Bertz CT molecular complexity index is 1730. The van der Waals surface area contributed by atoms with E-state index < -0.39 is 17.9 Å². The van der Waals surface area contributed by atoms with E-state index in [0.717, 1.165) is 46.9 Å². The van der Waals surface area contributed by atoms with Crippen LogP contribution in [-0.4, -0.2) is 70.1 Å². The summed E-state index contributed by atoms with van der Waals surface area (Å²) in [6.45, 7) is 21.4. The van der Waals surface area contributed by atoms with Crippen molar-refractivity contribution in [3.05, 3.63) is 146 Å². The van der Waals surface area contributed by atoms with Gasteiger partial charge in [0.25, 0.3) is 0 Å². The molecule has 12 heteroatoms. The normalized spacial score (nSPS) is 10.2. The van der Waals surface area contributed by atoms with Crippen LogP contribution < -0.4 is 14.2 Å². The SMILES string of the molecule is C=C/C=C(\C)OCCCOC(=C)C.C=CC(=O)OCCOc1ccc(C=Nc2ccc(OC(=O)c3ccc(OCCOC(=O)C=C)cc3)cc2C)cc1.CCl. The minimum Gasteiger partial charge on any atom is -0.499 e. The average Bonchev–Trinajstić information content (AvgIpc) is 3.19. The summed E-state index contributed by atoms with van der Waals surface area (Å²) >= 11 is 4.64. The number of rotatable bonds is 21. The number of alkyl halides is 1. The molecule has 3 aromatic rings. The summed E-state index contributed by atoms with van der Waals surface area (Å²) in [5.74, 6) is 1.67. The molecule has 0 fully saturated rings. The lowest BCUT2D eigenvalue weighted by atomic mass is 10.2. The number of carbonyl (C=O) groups excluding carboxylic acids is 3. The first-order valence-electron chi connectivity index (χ1n) is 17.0. The van der Waals surface area contributed by atoms with E-state index in [-0.39, 0.29) is 26.4 Å². The van der Waals surface area contributed by atoms with Gasteiger partial charge >= 0.3 is 17.9 Å². The highest BCUT2D eigenvalue weighted by molar-refractivity contribution is 6.15. The zero-order valence-electron chi connectivity index (χ0n) is 31.9. The first kappa shape index (κ1) is 47.0. The van der Waals surface area contributed by atoms with Crippen LogP contribution in [0, 0.1) is 6.92 Å². The molecule has 0 atom stereocenters. The highest BCUT2D eigenvalue weighted by Crippen LogP contribution is 2.25. The molecule has 0 N–H and O–H groups in total. The molecule has 294 valence electrons. The smallest absolute Gasteiger partial charge is 0.343 e. The minimum atomic E-state index is -0.517. The zero-order valence-corrected chi connectivity index (χ0v) is 32.7. The third-order valence-electron chi connectivity index (χ3n) is 6.55. The van der Waals surface area contributed by atoms with Crippen LogP contribution in [0.5, 0.6) is 17.2 Å². The maximum absolute atomic E-state index is 12.6. The molecule has 0 aromatic heterocycles. The lowest BCUT2D eigenvalue weighted by Crippen LogP contribution is -2.11. The molecule has 0 aliphatic rings. The molecule has 0 saturated carbocycles. The van der Waals surface area contributed by atoms with Crippen molar-refractivity contribution in [2.75, 3.05) is 46.0 Å². The van der Waals surface area contributed by atoms with Gasteiger partial charge in [0.15, 0.2) is 0 Å². The van der Waals surface area contributed by atoms with Crippen molar-refractivity contribution >= 4 is 41.4 Å². The number of esters is 3. The van der Waals surface area contributed by atoms with E-state index in [1.807, 2.05) is 39.0 Å². The van der Waals surface area contributed by atoms with E-state index in [4.69, 9.17) is 33.2 Å². The predicted octanol–water partition coefficient (Wildman–Crippen LogP) is 9.07. The third-order valence-corrected chi connectivity index (χ3v) is 6.55. The van der Waals surface area contributed by atoms with E-state index in [1.165, 1.54) is 6.38 Å². The predicted molar refractivity (Wildman–Crippen MR) is 217 cm³/mol. The molecule has 0 spiro atoms. The molecular formula is C43H50ClNO10. The number of aliphatic imine (C=N–C) groups is 1. The molecule has 0 aliphatic heterocycles. The number of aryl methyl sites for hydroxylation is 1. The molecule has 3 rings (SSSR count). The largest absolute Gasteiger partial charge is 0.499 e. The van der Waals surface area contributed by atoms with Gasteiger partial charge in [-0.1, -0.05) is 32.4 Å². The Morgan fingerprint density at radius 3 is 1.73 bits per heavy atom. The number of hydrogen-bond acceptors (Lipinski definition) is 11. The molecule has 3 aromatic carbocycles. The van der Waals surface area contributed by atoms with Crippen LogP contribution in [0.4, 0.5) is 5.69 Å². The number of nitrogens with zero attached hydrogens (tertiary/aromatic N) is 1. The lowest BCUT2D eigenvalue weighted by molar-refractivity contribution is -0.139. The number of hydrogen-bond donors (Lipinski definition) is 0. The number of ether oxygens (including phenoxy) is 7. The van der Waals surface area contributed by atoms with Crippen molar-refractivity contribution in [3.8, 4) is 17.2 Å². The second-order valence-electron chi connectivity index (χ2n) is 10.9. The topological polar surface area (TPSA) is 128 Å². The Balaban J connectivity index is 0.000000854. The molecule has 0 amide bonds. The van der Waals surface area contributed by atoms with Crippen molar-refractivity contribution in [2.45, 2.75) is 27.2 Å². The Kier molecular flexibility index (Phi) is 24.3. The van der Waals surface area contributed by atoms with Crippen LogP contribution in [0.1, 0.15) is 41.8 Å². The maximum Gasteiger partial charge on any atom is 0.343 e. The zero-order chi connectivity index (χ0) is 40.8. The van der Waals surface area contributed by atoms with Crippen LogP contribution in [0.3, 0.4) is 0 Å². The number of carbonyl (C=O) groups is 3. The Morgan fingerprint density at radius 2 is 1.22 bits per heavy atom. The first-order valence-corrected chi connectivity index (χ1v) is 17.8. The molecule has 0 bridgehead atoms. The van der Waals surface area contributed by atoms with Crippen LogP contribution in [-0.2, 0) is 28.5 Å². The molecule has 55 heavy (non-hydrogen) atoms. The summed E-state index contributed by atoms with van der Waals surface area (Å²) < 4.78 is 36.7. The van der Waals surface area contributed by atoms with Crippen molar-refractivity contribution in [1.29, 1.82) is 0 Å². The standard InChI is InChI=1S/C31H29NO8.C11H18O2.CH3Cl/c1-4-29(33)38-18-16-36-25-10-6-23(7-11-25)21-32-28-15-14-27(20-22(28)3)40-31(35)24-8-12-26(13-9-24)37-17-19-39-30(34)5-2;1-5-7-11(4)13-9-6-8-12-10(2)3;1-2/h4-15,20-21H,1-2,16-19H2,3H3;5,7H,1-2,6,8-9H2,3-4H3;1H3/b;11-7+;. The van der Waals surface area contributed by atoms with Gasteiger partial charge in [-0.05, 0) is 105 Å². The van der Waals surface area contributed by atoms with E-state index in [2.05, 4.69) is 42.9 Å². The summed E-state index contributed by atoms with van der Waals surface area (Å²) in [7, 11) is 0. The molecule has 0 saturated heterocycles. The minimum absolute atomic E-state index is 0.0905. The van der Waals surface area contributed by atoms with Gasteiger partial charge in [0.05, 0.1) is 36.0 Å². The van der Waals surface area contributed by atoms with Crippen LogP contribution in [0.15, 0.2) is 134 Å². The third kappa shape index (κ3) is 21.3. The molecular weight excluding hydrogens is 726 g/mol. The highest BCUT2D eigenvalue weighted by atomic mass is 35.5. The first-order chi connectivity index (χ1) is 26.5. The van der Waals surface area contributed by atoms with Crippen molar-refractivity contribution in [3.63, 3.8) is 0 Å². The molecule has 0 radical (unpaired) electrons. The summed E-state index contributed by atoms with van der Waals surface area (Å²) in [5.41, 5.74) is 2.78. The number of allylic oxidation sites excluding steroid dienone is 4. The average molecular weight is 776 g/mol. The van der Waals surface area contributed by atoms with Crippen LogP contribution in [0.25, 0.3) is 0 Å². The van der Waals surface area contributed by atoms with E-state index >= 15 is 0 Å². The second kappa shape index (κ2) is 28.4. The summed E-state index contributed by atoms with van der Waals surface area (Å²) in [5, 5.41) is 0. The van der Waals surface area contributed by atoms with Gasteiger partial charge in [-0.2, -0.15) is 0 Å². The Hall–Kier alpha value is -6.07. The van der Waals surface area contributed by atoms with E-state index in [0.29, 0.717) is 36.0 Å². The van der Waals surface area contributed by atoms with Crippen molar-refractivity contribution in [1.82, 2.24) is 0 Å². The summed E-state index contributed by atoms with van der Waals surface area (Å²) in [4.78, 5) is 39.1. The lowest BCUT2D eigenvalue weighted by Gasteiger charge is -2.09. The van der Waals surface area contributed by atoms with Crippen molar-refractivity contribution < 1.29 is 47.5 Å². The maximum atomic E-state index is 12.6. The van der Waals surface area contributed by atoms with Gasteiger partial charge in [-0.15, -0.1) is 11.6 Å². The highest BCUT2D eigenvalue weighted by Gasteiger charge is 2.10. The molecule has 0 aliphatic carbocycles. The van der Waals surface area contributed by atoms with Crippen LogP contribution >= 0.6 is 11.6 Å². The van der Waals surface area contributed by atoms with Gasteiger partial charge in [-0.3, -0.25) is 4.99 Å². The fourth-order valence-corrected chi connectivity index (χ4v) is 3.96. The molecule has 0 heterocycles.